The molecule has 0 spiro atoms. The number of hydrogen-bond donors (Lipinski definition) is 2. The molecule has 0 aromatic carbocycles. The maximum atomic E-state index is 13.5. The highest BCUT2D eigenvalue weighted by Crippen LogP contribution is 2.52. The van der Waals surface area contributed by atoms with E-state index >= 15 is 0 Å². The largest absolute Gasteiger partial charge is 0.513 e. The lowest BCUT2D eigenvalue weighted by atomic mass is 10.0. The molecule has 3 rings (SSSR count). The Bertz CT molecular complexity index is 1010. The molecule has 3 unspecified atom stereocenters. The van der Waals surface area contributed by atoms with Crippen molar-refractivity contribution < 1.29 is 28.2 Å². The van der Waals surface area contributed by atoms with Crippen LogP contribution in [0.3, 0.4) is 0 Å². The molecular weight excluding hydrogens is 515 g/mol. The van der Waals surface area contributed by atoms with E-state index in [2.05, 4.69) is 20.6 Å². The summed E-state index contributed by atoms with van der Waals surface area (Å²) >= 11 is 2.45. The predicted octanol–water partition coefficient (Wildman–Crippen LogP) is 2.42. The van der Waals surface area contributed by atoms with Crippen molar-refractivity contribution in [2.45, 2.75) is 81.2 Å². The molecule has 194 valence electrons. The van der Waals surface area contributed by atoms with Gasteiger partial charge in [-0.1, -0.05) is 0 Å². The van der Waals surface area contributed by atoms with Gasteiger partial charge in [-0.2, -0.15) is 5.21 Å². The molecule has 1 fully saturated rings. The Morgan fingerprint density at radius 2 is 1.97 bits per heavy atom. The number of thioether (sulfide) groups is 2. The van der Waals surface area contributed by atoms with E-state index in [0.717, 1.165) is 11.8 Å². The van der Waals surface area contributed by atoms with Crippen LogP contribution in [0.2, 0.25) is 0 Å². The first kappa shape index (κ1) is 28.0. The first-order valence-electron chi connectivity index (χ1n) is 11.0. The lowest BCUT2D eigenvalue weighted by Crippen LogP contribution is -2.69. The standard InChI is InChI=1S/C20H32N6O6PS2/c1-8-30-20(35-17-22-24-25-23-17,10-33(29)32-19(5,6)7)11-9-34-15-12(21)14(27)26(15)13(11)16(28)31-18(2,3)4/h12,15H,8-10,21H2,1-7H3,(H,22,23,24,25)/q+1/t12?,15-,20?/m1/s1. The van der Waals surface area contributed by atoms with Crippen molar-refractivity contribution >= 4 is 43.4 Å². The molecule has 0 saturated carbocycles. The minimum atomic E-state index is -2.27. The number of amides is 1. The molecule has 35 heavy (non-hydrogen) atoms. The summed E-state index contributed by atoms with van der Waals surface area (Å²) in [5, 5.41) is 13.8. The summed E-state index contributed by atoms with van der Waals surface area (Å²) in [7, 11) is -2.27. The van der Waals surface area contributed by atoms with Crippen LogP contribution in [-0.2, 0) is 28.2 Å². The SMILES string of the molecule is CCOC(C[P+](=O)OC(C)(C)C)(Sc1nn[nH]n1)C1=C(C(=O)OC(C)(C)C)N2C(=O)C(N)[C@H]2SC1. The third kappa shape index (κ3) is 6.41. The zero-order valence-corrected chi connectivity index (χ0v) is 23.4. The van der Waals surface area contributed by atoms with Crippen LogP contribution in [0.4, 0.5) is 0 Å². The molecule has 1 aromatic rings. The monoisotopic (exact) mass is 547 g/mol. The van der Waals surface area contributed by atoms with Crippen molar-refractivity contribution in [3.05, 3.63) is 11.3 Å². The number of fused-ring (bicyclic) bond motifs is 1. The molecule has 3 heterocycles. The minimum absolute atomic E-state index is 0.0407. The topological polar surface area (TPSA) is 163 Å². The van der Waals surface area contributed by atoms with Gasteiger partial charge in [0.15, 0.2) is 4.93 Å². The number of tetrazole rings is 1. The van der Waals surface area contributed by atoms with Crippen LogP contribution >= 0.6 is 31.6 Å². The van der Waals surface area contributed by atoms with Gasteiger partial charge in [0.05, 0.1) is 0 Å². The Morgan fingerprint density at radius 3 is 2.51 bits per heavy atom. The number of ether oxygens (including phenoxy) is 2. The van der Waals surface area contributed by atoms with Crippen LogP contribution in [0, 0.1) is 0 Å². The van der Waals surface area contributed by atoms with E-state index in [9.17, 15) is 14.2 Å². The van der Waals surface area contributed by atoms with E-state index < -0.39 is 47.5 Å². The Labute approximate surface area is 213 Å². The number of H-pyrrole nitrogens is 1. The quantitative estimate of drug-likeness (QED) is 0.153. The average molecular weight is 548 g/mol. The van der Waals surface area contributed by atoms with Gasteiger partial charge in [-0.3, -0.25) is 9.69 Å². The number of esters is 1. The summed E-state index contributed by atoms with van der Waals surface area (Å²) in [4.78, 5) is 26.2. The summed E-state index contributed by atoms with van der Waals surface area (Å²) < 4.78 is 30.9. The highest BCUT2D eigenvalue weighted by molar-refractivity contribution is 8.01. The molecule has 0 radical (unpaired) electrons. The first-order valence-corrected chi connectivity index (χ1v) is 14.3. The fourth-order valence-electron chi connectivity index (χ4n) is 3.56. The number of carbonyl (C=O) groups excluding carboxylic acids is 2. The second kappa shape index (κ2) is 10.4. The molecule has 1 saturated heterocycles. The Morgan fingerprint density at radius 1 is 1.29 bits per heavy atom. The van der Waals surface area contributed by atoms with Crippen molar-refractivity contribution in [1.82, 2.24) is 25.5 Å². The van der Waals surface area contributed by atoms with Gasteiger partial charge in [0.25, 0.3) is 0 Å². The summed E-state index contributed by atoms with van der Waals surface area (Å²) in [5.74, 6) is -0.811. The lowest BCUT2D eigenvalue weighted by Gasteiger charge is -2.50. The third-order valence-corrected chi connectivity index (χ3v) is 8.90. The minimum Gasteiger partial charge on any atom is -0.455 e. The lowest BCUT2D eigenvalue weighted by molar-refractivity contribution is -0.158. The maximum Gasteiger partial charge on any atom is 0.513 e. The number of aromatic amines is 1. The fraction of sp³-hybridized carbons (Fsp3) is 0.750. The van der Waals surface area contributed by atoms with Gasteiger partial charge in [0.2, 0.25) is 17.2 Å². The number of nitrogens with two attached hydrogens (primary N) is 1. The highest BCUT2D eigenvalue weighted by atomic mass is 32.2. The molecule has 1 aromatic heterocycles. The normalized spacial score (nSPS) is 22.9. The number of carbonyl (C=O) groups is 2. The van der Waals surface area contributed by atoms with Crippen LogP contribution in [0.15, 0.2) is 16.4 Å². The zero-order chi connectivity index (χ0) is 26.2. The van der Waals surface area contributed by atoms with Crippen molar-refractivity contribution in [2.75, 3.05) is 18.5 Å². The van der Waals surface area contributed by atoms with Gasteiger partial charge >= 0.3 is 14.0 Å². The molecular formula is C20H32N6O6PS2+. The Balaban J connectivity index is 2.18. The van der Waals surface area contributed by atoms with Gasteiger partial charge in [-0.25, -0.2) is 4.79 Å². The fourth-order valence-corrected chi connectivity index (χ4v) is 7.84. The summed E-state index contributed by atoms with van der Waals surface area (Å²) in [6.07, 6.45) is -0.131. The van der Waals surface area contributed by atoms with Crippen LogP contribution < -0.4 is 5.73 Å². The van der Waals surface area contributed by atoms with Crippen molar-refractivity contribution in [3.8, 4) is 0 Å². The molecule has 12 nitrogen and oxygen atoms in total. The van der Waals surface area contributed by atoms with Gasteiger partial charge in [-0.05, 0) is 70.0 Å². The van der Waals surface area contributed by atoms with Crippen molar-refractivity contribution in [3.63, 3.8) is 0 Å². The van der Waals surface area contributed by atoms with E-state index in [-0.39, 0.29) is 29.4 Å². The molecule has 0 aliphatic carbocycles. The van der Waals surface area contributed by atoms with Gasteiger partial charge in [0, 0.05) is 17.9 Å². The number of β-lactam (4-membered cyclic amide) rings is 1. The van der Waals surface area contributed by atoms with Gasteiger partial charge < -0.3 is 15.2 Å². The van der Waals surface area contributed by atoms with Crippen molar-refractivity contribution in [2.24, 2.45) is 5.73 Å². The van der Waals surface area contributed by atoms with Gasteiger partial charge in [-0.15, -0.1) is 26.5 Å². The molecule has 3 N–H and O–H groups in total. The number of aromatic nitrogens is 4. The van der Waals surface area contributed by atoms with E-state index in [1.165, 1.54) is 16.7 Å². The van der Waals surface area contributed by atoms with Crippen molar-refractivity contribution in [1.29, 1.82) is 0 Å². The molecule has 15 heteroatoms. The van der Waals surface area contributed by atoms with Crippen LogP contribution in [0.1, 0.15) is 48.5 Å². The first-order chi connectivity index (χ1) is 16.2. The summed E-state index contributed by atoms with van der Waals surface area (Å²) in [6, 6.07) is -0.730. The number of hydrogen-bond acceptors (Lipinski definition) is 12. The van der Waals surface area contributed by atoms with Gasteiger partial charge in [0.1, 0.15) is 28.3 Å². The highest BCUT2D eigenvalue weighted by Gasteiger charge is 2.58. The van der Waals surface area contributed by atoms with E-state index in [1.807, 2.05) is 0 Å². The summed E-state index contributed by atoms with van der Waals surface area (Å²) in [5.41, 5.74) is 4.98. The van der Waals surface area contributed by atoms with E-state index in [1.54, 1.807) is 48.5 Å². The zero-order valence-electron chi connectivity index (χ0n) is 20.9. The molecule has 0 bridgehead atoms. The summed E-state index contributed by atoms with van der Waals surface area (Å²) in [6.45, 7) is 12.6. The molecule has 4 atom stereocenters. The number of nitrogens with zero attached hydrogens (tertiary/aromatic N) is 4. The second-order valence-electron chi connectivity index (χ2n) is 9.94. The maximum absolute atomic E-state index is 13.5. The van der Waals surface area contributed by atoms with E-state index in [4.69, 9.17) is 19.7 Å². The molecule has 2 aliphatic rings. The number of nitrogens with one attached hydrogen (secondary N) is 1. The van der Waals surface area contributed by atoms with Crippen LogP contribution in [0.5, 0.6) is 0 Å². The van der Waals surface area contributed by atoms with E-state index in [0.29, 0.717) is 5.57 Å². The van der Waals surface area contributed by atoms with Crippen LogP contribution in [-0.4, -0.2) is 83.5 Å². The average Bonchev–Trinajstić information content (AvgIpc) is 3.22. The Kier molecular flexibility index (Phi) is 8.34. The molecule has 2 aliphatic heterocycles. The predicted molar refractivity (Wildman–Crippen MR) is 132 cm³/mol. The Hall–Kier alpha value is -1.57. The van der Waals surface area contributed by atoms with Crippen LogP contribution in [0.25, 0.3) is 0 Å². The third-order valence-electron chi connectivity index (χ3n) is 4.73. The second-order valence-corrected chi connectivity index (χ2v) is 13.4. The number of rotatable bonds is 9. The molecule has 1 amide bonds. The smallest absolute Gasteiger partial charge is 0.455 e.